The first-order valence-electron chi connectivity index (χ1n) is 7.73. The van der Waals surface area contributed by atoms with Gasteiger partial charge in [-0.25, -0.2) is 4.98 Å². The molecule has 3 rings (SSSR count). The van der Waals surface area contributed by atoms with Gasteiger partial charge in [-0.3, -0.25) is 9.48 Å². The lowest BCUT2D eigenvalue weighted by Crippen LogP contribution is -2.43. The molecule has 0 aliphatic carbocycles. The average Bonchev–Trinajstić information content (AvgIpc) is 2.97. The van der Waals surface area contributed by atoms with Crippen LogP contribution in [-0.2, 0) is 11.8 Å². The maximum Gasteiger partial charge on any atom is 0.266 e. The van der Waals surface area contributed by atoms with Crippen LogP contribution in [0, 0.1) is 27.7 Å². The van der Waals surface area contributed by atoms with Crippen molar-refractivity contribution in [1.82, 2.24) is 19.7 Å². The van der Waals surface area contributed by atoms with E-state index in [2.05, 4.69) is 10.1 Å². The summed E-state index contributed by atoms with van der Waals surface area (Å²) < 4.78 is 7.53. The zero-order valence-corrected chi connectivity index (χ0v) is 15.0. The van der Waals surface area contributed by atoms with Gasteiger partial charge >= 0.3 is 0 Å². The van der Waals surface area contributed by atoms with Gasteiger partial charge in [-0.05, 0) is 27.7 Å². The summed E-state index contributed by atoms with van der Waals surface area (Å²) in [6, 6.07) is -0.0910. The van der Waals surface area contributed by atoms with Gasteiger partial charge in [-0.15, -0.1) is 11.3 Å². The number of morpholine rings is 1. The lowest BCUT2D eigenvalue weighted by molar-refractivity contribution is -0.00283. The summed E-state index contributed by atoms with van der Waals surface area (Å²) >= 11 is 1.46. The molecule has 23 heavy (non-hydrogen) atoms. The largest absolute Gasteiger partial charge is 0.377 e. The minimum absolute atomic E-state index is 0.0454. The Morgan fingerprint density at radius 3 is 2.57 bits per heavy atom. The highest BCUT2D eigenvalue weighted by Crippen LogP contribution is 2.31. The van der Waals surface area contributed by atoms with Gasteiger partial charge in [-0.1, -0.05) is 0 Å². The van der Waals surface area contributed by atoms with Crippen molar-refractivity contribution in [3.05, 3.63) is 32.5 Å². The Hall–Kier alpha value is -1.73. The molecule has 1 saturated heterocycles. The summed E-state index contributed by atoms with van der Waals surface area (Å²) in [5.74, 6) is 0.0454. The molecular weight excluding hydrogens is 312 g/mol. The third-order valence-electron chi connectivity index (χ3n) is 4.39. The maximum atomic E-state index is 13.1. The SMILES string of the molecule is Cc1nc(C)c(C(=O)N2CCOC[C@H]2c2c(C)nn(C)c2C)s1. The van der Waals surface area contributed by atoms with Crippen LogP contribution in [0.25, 0.3) is 0 Å². The van der Waals surface area contributed by atoms with Crippen LogP contribution < -0.4 is 0 Å². The summed E-state index contributed by atoms with van der Waals surface area (Å²) in [5.41, 5.74) is 3.94. The second kappa shape index (κ2) is 6.05. The van der Waals surface area contributed by atoms with E-state index < -0.39 is 0 Å². The third kappa shape index (κ3) is 2.79. The maximum absolute atomic E-state index is 13.1. The Morgan fingerprint density at radius 2 is 2.00 bits per heavy atom. The van der Waals surface area contributed by atoms with E-state index in [9.17, 15) is 4.79 Å². The van der Waals surface area contributed by atoms with Crippen LogP contribution >= 0.6 is 11.3 Å². The highest BCUT2D eigenvalue weighted by Gasteiger charge is 2.34. The quantitative estimate of drug-likeness (QED) is 0.846. The fourth-order valence-electron chi connectivity index (χ4n) is 3.22. The van der Waals surface area contributed by atoms with Crippen molar-refractivity contribution >= 4 is 17.2 Å². The number of aryl methyl sites for hydroxylation is 4. The van der Waals surface area contributed by atoms with Crippen molar-refractivity contribution in [3.8, 4) is 0 Å². The predicted molar refractivity (Wildman–Crippen MR) is 88.9 cm³/mol. The number of aromatic nitrogens is 3. The van der Waals surface area contributed by atoms with E-state index in [0.29, 0.717) is 19.8 Å². The van der Waals surface area contributed by atoms with E-state index in [0.717, 1.165) is 32.5 Å². The molecule has 0 radical (unpaired) electrons. The van der Waals surface area contributed by atoms with Gasteiger partial charge in [0.05, 0.1) is 35.7 Å². The lowest BCUT2D eigenvalue weighted by atomic mass is 10.0. The molecule has 1 fully saturated rings. The van der Waals surface area contributed by atoms with Gasteiger partial charge in [0.15, 0.2) is 0 Å². The van der Waals surface area contributed by atoms with Crippen molar-refractivity contribution in [3.63, 3.8) is 0 Å². The van der Waals surface area contributed by atoms with E-state index in [1.807, 2.05) is 44.3 Å². The van der Waals surface area contributed by atoms with Gasteiger partial charge in [0.25, 0.3) is 5.91 Å². The Morgan fingerprint density at radius 1 is 1.26 bits per heavy atom. The first-order chi connectivity index (χ1) is 10.9. The Bertz CT molecular complexity index is 750. The van der Waals surface area contributed by atoms with Crippen LogP contribution in [0.2, 0.25) is 0 Å². The molecule has 7 heteroatoms. The molecule has 0 saturated carbocycles. The molecule has 0 bridgehead atoms. The number of carbonyl (C=O) groups excluding carboxylic acids is 1. The molecular formula is C16H22N4O2S. The molecule has 6 nitrogen and oxygen atoms in total. The Kier molecular flexibility index (Phi) is 4.25. The molecule has 0 aromatic carbocycles. The number of carbonyl (C=O) groups is 1. The summed E-state index contributed by atoms with van der Waals surface area (Å²) in [6.07, 6.45) is 0. The minimum atomic E-state index is -0.0910. The number of rotatable bonds is 2. The molecule has 1 aliphatic heterocycles. The van der Waals surface area contributed by atoms with Crippen LogP contribution in [0.1, 0.15) is 43.4 Å². The highest BCUT2D eigenvalue weighted by atomic mass is 32.1. The van der Waals surface area contributed by atoms with E-state index in [1.165, 1.54) is 11.3 Å². The topological polar surface area (TPSA) is 60.3 Å². The molecule has 2 aromatic rings. The van der Waals surface area contributed by atoms with Crippen molar-refractivity contribution in [1.29, 1.82) is 0 Å². The van der Waals surface area contributed by atoms with Crippen molar-refractivity contribution in [2.75, 3.05) is 19.8 Å². The summed E-state index contributed by atoms with van der Waals surface area (Å²) in [5, 5.41) is 5.41. The van der Waals surface area contributed by atoms with E-state index >= 15 is 0 Å². The van der Waals surface area contributed by atoms with Crippen LogP contribution in [0.4, 0.5) is 0 Å². The fourth-order valence-corrected chi connectivity index (χ4v) is 4.09. The molecule has 1 amide bonds. The number of hydrogen-bond acceptors (Lipinski definition) is 5. The normalized spacial score (nSPS) is 18.5. The standard InChI is InChI=1S/C16H22N4O2S/c1-9-14(11(3)19(5)18-9)13-8-22-7-6-20(13)16(21)15-10(2)17-12(4)23-15/h13H,6-8H2,1-5H3/t13-/m0/s1. The second-order valence-electron chi connectivity index (χ2n) is 5.94. The molecule has 0 spiro atoms. The average molecular weight is 334 g/mol. The van der Waals surface area contributed by atoms with Gasteiger partial charge in [0.1, 0.15) is 4.88 Å². The number of hydrogen-bond donors (Lipinski definition) is 0. The molecule has 1 atom stereocenters. The number of nitrogens with zero attached hydrogens (tertiary/aromatic N) is 4. The first-order valence-corrected chi connectivity index (χ1v) is 8.54. The smallest absolute Gasteiger partial charge is 0.266 e. The van der Waals surface area contributed by atoms with Crippen LogP contribution in [-0.4, -0.2) is 45.3 Å². The third-order valence-corrected chi connectivity index (χ3v) is 5.45. The number of amides is 1. The first kappa shape index (κ1) is 16.1. The van der Waals surface area contributed by atoms with Crippen molar-refractivity contribution in [2.24, 2.45) is 7.05 Å². The van der Waals surface area contributed by atoms with E-state index in [-0.39, 0.29) is 11.9 Å². The van der Waals surface area contributed by atoms with E-state index in [1.54, 1.807) is 0 Å². The molecule has 2 aromatic heterocycles. The van der Waals surface area contributed by atoms with Gasteiger partial charge in [-0.2, -0.15) is 5.10 Å². The van der Waals surface area contributed by atoms with Gasteiger partial charge in [0.2, 0.25) is 0 Å². The van der Waals surface area contributed by atoms with Crippen molar-refractivity contribution in [2.45, 2.75) is 33.7 Å². The molecule has 0 N–H and O–H groups in total. The van der Waals surface area contributed by atoms with E-state index in [4.69, 9.17) is 4.74 Å². The monoisotopic (exact) mass is 334 g/mol. The van der Waals surface area contributed by atoms with Gasteiger partial charge < -0.3 is 9.64 Å². The summed E-state index contributed by atoms with van der Waals surface area (Å²) in [7, 11) is 1.93. The second-order valence-corrected chi connectivity index (χ2v) is 7.15. The molecule has 124 valence electrons. The fraction of sp³-hybridized carbons (Fsp3) is 0.562. The Balaban J connectivity index is 1.99. The van der Waals surface area contributed by atoms with Gasteiger partial charge in [0, 0.05) is 24.8 Å². The van der Waals surface area contributed by atoms with Crippen LogP contribution in [0.3, 0.4) is 0 Å². The van der Waals surface area contributed by atoms with Crippen LogP contribution in [0.5, 0.6) is 0 Å². The summed E-state index contributed by atoms with van der Waals surface area (Å²) in [4.78, 5) is 20.1. The molecule has 0 unspecified atom stereocenters. The Labute approximate surface area is 140 Å². The minimum Gasteiger partial charge on any atom is -0.377 e. The predicted octanol–water partition coefficient (Wildman–Crippen LogP) is 2.32. The number of ether oxygens (including phenoxy) is 1. The van der Waals surface area contributed by atoms with Crippen molar-refractivity contribution < 1.29 is 9.53 Å². The lowest BCUT2D eigenvalue weighted by Gasteiger charge is -2.35. The number of thiazole rings is 1. The zero-order valence-electron chi connectivity index (χ0n) is 14.2. The van der Waals surface area contributed by atoms with Crippen LogP contribution in [0.15, 0.2) is 0 Å². The molecule has 3 heterocycles. The molecule has 1 aliphatic rings. The highest BCUT2D eigenvalue weighted by molar-refractivity contribution is 7.13. The summed E-state index contributed by atoms with van der Waals surface area (Å²) in [6.45, 7) is 9.52. The zero-order chi connectivity index (χ0) is 16.7.